The van der Waals surface area contributed by atoms with E-state index < -0.39 is 5.92 Å². The van der Waals surface area contributed by atoms with Gasteiger partial charge in [0.1, 0.15) is 17.4 Å². The van der Waals surface area contributed by atoms with Crippen LogP contribution in [-0.2, 0) is 22.3 Å². The highest BCUT2D eigenvalue weighted by atomic mass is 32.2. The number of allylic oxidation sites excluding steroid dienone is 3. The lowest BCUT2D eigenvalue weighted by Gasteiger charge is -2.30. The number of aryl methyl sites for hydroxylation is 1. The lowest BCUT2D eigenvalue weighted by molar-refractivity contribution is -0.116. The number of nitrogens with zero attached hydrogens (tertiary/aromatic N) is 5. The highest BCUT2D eigenvalue weighted by molar-refractivity contribution is 7.98. The molecule has 2 aliphatic rings. The molecular formula is C17H16N6O2S2. The van der Waals surface area contributed by atoms with E-state index in [0.717, 1.165) is 22.0 Å². The molecule has 4 rings (SSSR count). The van der Waals surface area contributed by atoms with Crippen molar-refractivity contribution in [1.82, 2.24) is 20.2 Å². The van der Waals surface area contributed by atoms with Crippen LogP contribution in [0.1, 0.15) is 35.6 Å². The van der Waals surface area contributed by atoms with Crippen LogP contribution >= 0.6 is 23.1 Å². The van der Waals surface area contributed by atoms with E-state index in [-0.39, 0.29) is 11.7 Å². The first-order valence-electron chi connectivity index (χ1n) is 8.34. The molecular weight excluding hydrogens is 384 g/mol. The van der Waals surface area contributed by atoms with Crippen LogP contribution in [0.4, 0.5) is 0 Å². The highest BCUT2D eigenvalue weighted by Gasteiger charge is 2.38. The summed E-state index contributed by atoms with van der Waals surface area (Å²) in [7, 11) is 1.79. The number of nitriles is 1. The standard InChI is InChI=1S/C17H16N6O2S2/c1-23-17(20-21-22-23)27-8-9-5-13(26-7-9)14-10(6-18)16(19)25-12-4-2-3-11(24)15(12)14/h5,7,14H,2-4,8,19H2,1H3/t14-/m0/s1. The Morgan fingerprint density at radius 3 is 3.11 bits per heavy atom. The largest absolute Gasteiger partial charge is 0.444 e. The summed E-state index contributed by atoms with van der Waals surface area (Å²) in [4.78, 5) is 13.5. The maximum atomic E-state index is 12.6. The van der Waals surface area contributed by atoms with Crippen molar-refractivity contribution in [2.75, 3.05) is 0 Å². The average Bonchev–Trinajstić information content (AvgIpc) is 3.28. The van der Waals surface area contributed by atoms with Crippen LogP contribution in [0.15, 0.2) is 39.4 Å². The van der Waals surface area contributed by atoms with Crippen molar-refractivity contribution in [3.63, 3.8) is 0 Å². The van der Waals surface area contributed by atoms with Gasteiger partial charge in [0.2, 0.25) is 11.0 Å². The van der Waals surface area contributed by atoms with E-state index in [4.69, 9.17) is 10.5 Å². The molecule has 2 aromatic heterocycles. The molecule has 138 valence electrons. The minimum atomic E-state index is -0.438. The predicted octanol–water partition coefficient (Wildman–Crippen LogP) is 2.38. The molecule has 3 heterocycles. The molecule has 0 amide bonds. The van der Waals surface area contributed by atoms with E-state index in [2.05, 4.69) is 21.6 Å². The molecule has 2 aromatic rings. The van der Waals surface area contributed by atoms with Crippen LogP contribution in [0.2, 0.25) is 0 Å². The Morgan fingerprint density at radius 2 is 2.37 bits per heavy atom. The molecule has 10 heteroatoms. The third-order valence-corrected chi connectivity index (χ3v) is 6.64. The first-order chi connectivity index (χ1) is 13.1. The number of nitrogens with two attached hydrogens (primary N) is 1. The van der Waals surface area contributed by atoms with Gasteiger partial charge in [0.25, 0.3) is 0 Å². The average molecular weight is 400 g/mol. The van der Waals surface area contributed by atoms with Crippen LogP contribution in [0.3, 0.4) is 0 Å². The summed E-state index contributed by atoms with van der Waals surface area (Å²) >= 11 is 3.05. The van der Waals surface area contributed by atoms with Crippen molar-refractivity contribution in [3.05, 3.63) is 44.7 Å². The fraction of sp³-hybridized carbons (Fsp3) is 0.353. The molecule has 1 aliphatic heterocycles. The molecule has 1 atom stereocenters. The van der Waals surface area contributed by atoms with Gasteiger partial charge in [-0.2, -0.15) is 5.26 Å². The van der Waals surface area contributed by atoms with Gasteiger partial charge in [-0.25, -0.2) is 4.68 Å². The fourth-order valence-electron chi connectivity index (χ4n) is 3.25. The molecule has 0 unspecified atom stereocenters. The topological polar surface area (TPSA) is 120 Å². The zero-order valence-electron chi connectivity index (χ0n) is 14.5. The number of ether oxygens (including phenoxy) is 1. The van der Waals surface area contributed by atoms with Crippen molar-refractivity contribution < 1.29 is 9.53 Å². The Bertz CT molecular complexity index is 1010. The first kappa shape index (κ1) is 17.8. The lowest BCUT2D eigenvalue weighted by atomic mass is 9.80. The Kier molecular flexibility index (Phi) is 4.72. The highest BCUT2D eigenvalue weighted by Crippen LogP contribution is 2.45. The summed E-state index contributed by atoms with van der Waals surface area (Å²) in [6.07, 6.45) is 1.90. The zero-order valence-corrected chi connectivity index (χ0v) is 16.1. The molecule has 0 spiro atoms. The van der Waals surface area contributed by atoms with Crippen LogP contribution in [0.5, 0.6) is 0 Å². The number of rotatable bonds is 4. The van der Waals surface area contributed by atoms with Gasteiger partial charge >= 0.3 is 0 Å². The van der Waals surface area contributed by atoms with Crippen molar-refractivity contribution in [2.45, 2.75) is 36.1 Å². The Labute approximate surface area is 163 Å². The van der Waals surface area contributed by atoms with Gasteiger partial charge in [0.05, 0.1) is 5.92 Å². The normalized spacial score (nSPS) is 19.7. The van der Waals surface area contributed by atoms with E-state index in [1.54, 1.807) is 11.7 Å². The summed E-state index contributed by atoms with van der Waals surface area (Å²) in [5.74, 6) is 1.00. The van der Waals surface area contributed by atoms with Gasteiger partial charge in [0.15, 0.2) is 5.78 Å². The Balaban J connectivity index is 1.64. The van der Waals surface area contributed by atoms with E-state index in [1.807, 2.05) is 11.4 Å². The van der Waals surface area contributed by atoms with Gasteiger partial charge < -0.3 is 10.5 Å². The number of Topliss-reactive ketones (excluding diaryl/α,β-unsaturated/α-hetero) is 1. The third kappa shape index (κ3) is 3.24. The molecule has 8 nitrogen and oxygen atoms in total. The molecule has 27 heavy (non-hydrogen) atoms. The van der Waals surface area contributed by atoms with E-state index in [0.29, 0.717) is 35.5 Å². The Hall–Kier alpha value is -2.64. The molecule has 0 radical (unpaired) electrons. The molecule has 0 bridgehead atoms. The number of thiophene rings is 1. The van der Waals surface area contributed by atoms with Crippen LogP contribution in [-0.4, -0.2) is 26.0 Å². The van der Waals surface area contributed by atoms with Crippen molar-refractivity contribution in [3.8, 4) is 6.07 Å². The quantitative estimate of drug-likeness (QED) is 0.777. The molecule has 2 N–H and O–H groups in total. The summed E-state index contributed by atoms with van der Waals surface area (Å²) < 4.78 is 7.22. The van der Waals surface area contributed by atoms with Gasteiger partial charge in [-0.15, -0.1) is 16.4 Å². The number of carbonyl (C=O) groups excluding carboxylic acids is 1. The molecule has 0 saturated carbocycles. The van der Waals surface area contributed by atoms with Crippen molar-refractivity contribution in [2.24, 2.45) is 12.8 Å². The summed E-state index contributed by atoms with van der Waals surface area (Å²) in [5, 5.41) is 23.8. The fourth-order valence-corrected chi connectivity index (χ4v) is 5.17. The van der Waals surface area contributed by atoms with Crippen molar-refractivity contribution in [1.29, 1.82) is 5.26 Å². The Morgan fingerprint density at radius 1 is 1.52 bits per heavy atom. The van der Waals surface area contributed by atoms with Gasteiger partial charge in [0, 0.05) is 36.1 Å². The van der Waals surface area contributed by atoms with E-state index in [1.165, 1.54) is 23.1 Å². The molecule has 0 aromatic carbocycles. The summed E-state index contributed by atoms with van der Waals surface area (Å²) in [6.45, 7) is 0. The van der Waals surface area contributed by atoms with Crippen LogP contribution in [0.25, 0.3) is 0 Å². The number of carbonyl (C=O) groups is 1. The zero-order chi connectivity index (χ0) is 19.0. The lowest BCUT2D eigenvalue weighted by Crippen LogP contribution is -2.27. The predicted molar refractivity (Wildman–Crippen MR) is 99.2 cm³/mol. The number of aromatic nitrogens is 4. The van der Waals surface area contributed by atoms with Crippen molar-refractivity contribution >= 4 is 28.9 Å². The maximum Gasteiger partial charge on any atom is 0.209 e. The van der Waals surface area contributed by atoms with Gasteiger partial charge in [-0.3, -0.25) is 4.79 Å². The van der Waals surface area contributed by atoms with E-state index in [9.17, 15) is 10.1 Å². The third-order valence-electron chi connectivity index (χ3n) is 4.51. The SMILES string of the molecule is Cn1nnnc1SCc1csc([C@@H]2C(C#N)=C(N)OC3=C2C(=O)CCC3)c1. The second-order valence-corrected chi connectivity index (χ2v) is 8.15. The number of hydrogen-bond donors (Lipinski definition) is 1. The van der Waals surface area contributed by atoms with Crippen LogP contribution in [0, 0.1) is 11.3 Å². The summed E-state index contributed by atoms with van der Waals surface area (Å²) in [5.41, 5.74) is 7.96. The van der Waals surface area contributed by atoms with Gasteiger partial charge in [-0.05, 0) is 33.9 Å². The first-order valence-corrected chi connectivity index (χ1v) is 10.2. The molecule has 0 saturated heterocycles. The molecule has 0 fully saturated rings. The second kappa shape index (κ2) is 7.17. The number of tetrazole rings is 1. The molecule has 1 aliphatic carbocycles. The van der Waals surface area contributed by atoms with Gasteiger partial charge in [-0.1, -0.05) is 11.8 Å². The number of ketones is 1. The minimum absolute atomic E-state index is 0.0379. The summed E-state index contributed by atoms with van der Waals surface area (Å²) in [6, 6.07) is 4.16. The van der Waals surface area contributed by atoms with Crippen LogP contribution < -0.4 is 5.73 Å². The monoisotopic (exact) mass is 400 g/mol. The maximum absolute atomic E-state index is 12.6. The number of thioether (sulfide) groups is 1. The minimum Gasteiger partial charge on any atom is -0.444 e. The smallest absolute Gasteiger partial charge is 0.209 e. The number of hydrogen-bond acceptors (Lipinski definition) is 9. The second-order valence-electron chi connectivity index (χ2n) is 6.27. The van der Waals surface area contributed by atoms with E-state index >= 15 is 0 Å².